The van der Waals surface area contributed by atoms with E-state index in [1.807, 2.05) is 32.9 Å². The van der Waals surface area contributed by atoms with Gasteiger partial charge in [-0.3, -0.25) is 0 Å². The molecule has 1 saturated heterocycles. The van der Waals surface area contributed by atoms with Crippen molar-refractivity contribution in [3.05, 3.63) is 29.3 Å². The molecule has 0 saturated carbocycles. The highest BCUT2D eigenvalue weighted by Gasteiger charge is 2.28. The molecule has 156 valence electrons. The number of carbonyl (C=O) groups excluding carboxylic acids is 1. The predicted molar refractivity (Wildman–Crippen MR) is 108 cm³/mol. The number of rotatable bonds is 4. The molecule has 1 aliphatic rings. The fourth-order valence-corrected chi connectivity index (χ4v) is 3.19. The van der Waals surface area contributed by atoms with E-state index >= 15 is 0 Å². The zero-order valence-corrected chi connectivity index (χ0v) is 17.9. The summed E-state index contributed by atoms with van der Waals surface area (Å²) < 4.78 is 11.4. The van der Waals surface area contributed by atoms with E-state index in [0.717, 1.165) is 18.4 Å². The lowest BCUT2D eigenvalue weighted by Gasteiger charge is -2.34. The first-order valence-electron chi connectivity index (χ1n) is 9.85. The van der Waals surface area contributed by atoms with E-state index in [1.165, 1.54) is 0 Å². The van der Waals surface area contributed by atoms with Gasteiger partial charge in [-0.05, 0) is 56.7 Å². The van der Waals surface area contributed by atoms with Gasteiger partial charge in [-0.15, -0.1) is 0 Å². The average Bonchev–Trinajstić information content (AvgIpc) is 2.57. The second kappa shape index (κ2) is 8.41. The van der Waals surface area contributed by atoms with E-state index < -0.39 is 11.6 Å². The number of hydrogen-bond acceptors (Lipinski definition) is 4. The molecule has 1 unspecified atom stereocenters. The van der Waals surface area contributed by atoms with Crippen LogP contribution in [0.2, 0.25) is 0 Å². The van der Waals surface area contributed by atoms with Gasteiger partial charge in [0.15, 0.2) is 0 Å². The Morgan fingerprint density at radius 3 is 2.43 bits per heavy atom. The maximum absolute atomic E-state index is 12.3. The number of carboxylic acids is 1. The van der Waals surface area contributed by atoms with Crippen molar-refractivity contribution in [2.45, 2.75) is 65.4 Å². The Balaban J connectivity index is 2.06. The summed E-state index contributed by atoms with van der Waals surface area (Å²) in [5.74, 6) is -0.481. The van der Waals surface area contributed by atoms with Crippen molar-refractivity contribution in [2.75, 3.05) is 19.7 Å². The van der Waals surface area contributed by atoms with Gasteiger partial charge in [0.05, 0.1) is 6.61 Å². The Hall–Kier alpha value is -2.24. The first-order valence-corrected chi connectivity index (χ1v) is 9.85. The number of benzene rings is 1. The number of carboxylic acid groups (broad SMARTS) is 1. The van der Waals surface area contributed by atoms with Gasteiger partial charge in [-0.25, -0.2) is 9.59 Å². The summed E-state index contributed by atoms with van der Waals surface area (Å²) in [5.41, 5.74) is 0.553. The van der Waals surface area contributed by atoms with Crippen molar-refractivity contribution in [1.29, 1.82) is 0 Å². The quantitative estimate of drug-likeness (QED) is 0.804. The number of ether oxygens (including phenoxy) is 2. The molecule has 28 heavy (non-hydrogen) atoms. The lowest BCUT2D eigenvalue weighted by atomic mass is 9.86. The number of likely N-dealkylation sites (tertiary alicyclic amines) is 1. The zero-order chi connectivity index (χ0) is 21.1. The van der Waals surface area contributed by atoms with E-state index in [-0.39, 0.29) is 23.0 Å². The fourth-order valence-electron chi connectivity index (χ4n) is 3.19. The maximum Gasteiger partial charge on any atom is 0.410 e. The van der Waals surface area contributed by atoms with Crippen molar-refractivity contribution < 1.29 is 24.2 Å². The highest BCUT2D eigenvalue weighted by molar-refractivity contribution is 5.91. The summed E-state index contributed by atoms with van der Waals surface area (Å²) >= 11 is 0. The number of amides is 1. The van der Waals surface area contributed by atoms with Crippen molar-refractivity contribution >= 4 is 12.1 Å². The van der Waals surface area contributed by atoms with Gasteiger partial charge < -0.3 is 19.5 Å². The third-order valence-electron chi connectivity index (χ3n) is 4.72. The highest BCUT2D eigenvalue weighted by Crippen LogP contribution is 2.30. The third-order valence-corrected chi connectivity index (χ3v) is 4.72. The van der Waals surface area contributed by atoms with Crippen LogP contribution < -0.4 is 4.74 Å². The number of carbonyl (C=O) groups is 2. The van der Waals surface area contributed by atoms with Gasteiger partial charge >= 0.3 is 12.1 Å². The molecule has 2 rings (SSSR count). The van der Waals surface area contributed by atoms with Crippen LogP contribution in [-0.2, 0) is 10.2 Å². The van der Waals surface area contributed by atoms with E-state index in [4.69, 9.17) is 9.47 Å². The van der Waals surface area contributed by atoms with Crippen LogP contribution in [-0.4, -0.2) is 47.4 Å². The standard InChI is InChI=1S/C22H33NO5/c1-21(2,3)16-9-10-17(19(24)25)18(12-16)27-14-15-8-7-11-23(13-15)20(26)28-22(4,5)6/h9-10,12,15H,7-8,11,13-14H2,1-6H3,(H,24,25). The van der Waals surface area contributed by atoms with E-state index in [0.29, 0.717) is 25.4 Å². The minimum Gasteiger partial charge on any atom is -0.492 e. The van der Waals surface area contributed by atoms with Gasteiger partial charge in [0.25, 0.3) is 0 Å². The number of piperidine rings is 1. The summed E-state index contributed by atoms with van der Waals surface area (Å²) in [5, 5.41) is 9.47. The fraction of sp³-hybridized carbons (Fsp3) is 0.636. The number of nitrogens with zero attached hydrogens (tertiary/aromatic N) is 1. The van der Waals surface area contributed by atoms with Crippen LogP contribution in [0.15, 0.2) is 18.2 Å². The van der Waals surface area contributed by atoms with Crippen LogP contribution in [0, 0.1) is 5.92 Å². The Bertz CT molecular complexity index is 715. The SMILES string of the molecule is CC(C)(C)OC(=O)N1CCCC(COc2cc(C(C)(C)C)ccc2C(=O)O)C1. The van der Waals surface area contributed by atoms with Crippen LogP contribution in [0.5, 0.6) is 5.75 Å². The molecule has 1 fully saturated rings. The van der Waals surface area contributed by atoms with Crippen molar-refractivity contribution in [3.8, 4) is 5.75 Å². The molecule has 0 aliphatic carbocycles. The molecule has 1 N–H and O–H groups in total. The summed E-state index contributed by atoms with van der Waals surface area (Å²) in [6.07, 6.45) is 1.50. The normalized spacial score (nSPS) is 17.9. The Morgan fingerprint density at radius 1 is 1.18 bits per heavy atom. The third kappa shape index (κ3) is 6.14. The molecular weight excluding hydrogens is 358 g/mol. The van der Waals surface area contributed by atoms with Gasteiger partial charge in [0, 0.05) is 19.0 Å². The molecule has 0 aromatic heterocycles. The molecule has 1 aromatic rings. The average molecular weight is 392 g/mol. The van der Waals surface area contributed by atoms with Gasteiger partial charge in [0.1, 0.15) is 16.9 Å². The van der Waals surface area contributed by atoms with Crippen molar-refractivity contribution in [2.24, 2.45) is 5.92 Å². The highest BCUT2D eigenvalue weighted by atomic mass is 16.6. The number of aromatic carboxylic acids is 1. The molecule has 6 nitrogen and oxygen atoms in total. The minimum absolute atomic E-state index is 0.104. The lowest BCUT2D eigenvalue weighted by Crippen LogP contribution is -2.44. The molecule has 1 heterocycles. The Morgan fingerprint density at radius 2 is 1.86 bits per heavy atom. The molecule has 0 bridgehead atoms. The van der Waals surface area contributed by atoms with Crippen LogP contribution in [0.4, 0.5) is 4.79 Å². The lowest BCUT2D eigenvalue weighted by molar-refractivity contribution is 0.0139. The van der Waals surface area contributed by atoms with E-state index in [9.17, 15) is 14.7 Å². The Labute approximate surface area is 167 Å². The van der Waals surface area contributed by atoms with Crippen molar-refractivity contribution in [3.63, 3.8) is 0 Å². The summed E-state index contributed by atoms with van der Waals surface area (Å²) in [7, 11) is 0. The second-order valence-corrected chi connectivity index (χ2v) is 9.51. The monoisotopic (exact) mass is 391 g/mol. The first kappa shape index (κ1) is 22.1. The summed E-state index contributed by atoms with van der Waals surface area (Å²) in [6.45, 7) is 13.4. The van der Waals surface area contributed by atoms with Crippen LogP contribution >= 0.6 is 0 Å². The molecule has 6 heteroatoms. The summed E-state index contributed by atoms with van der Waals surface area (Å²) in [4.78, 5) is 25.6. The predicted octanol–water partition coefficient (Wildman–Crippen LogP) is 4.71. The smallest absolute Gasteiger partial charge is 0.410 e. The van der Waals surface area contributed by atoms with Gasteiger partial charge in [-0.1, -0.05) is 26.8 Å². The topological polar surface area (TPSA) is 76.1 Å². The first-order chi connectivity index (χ1) is 12.9. The van der Waals surface area contributed by atoms with Crippen molar-refractivity contribution in [1.82, 2.24) is 4.90 Å². The molecule has 0 radical (unpaired) electrons. The van der Waals surface area contributed by atoms with E-state index in [1.54, 1.807) is 11.0 Å². The molecule has 1 atom stereocenters. The minimum atomic E-state index is -1.01. The molecule has 1 aromatic carbocycles. The Kier molecular flexibility index (Phi) is 6.63. The maximum atomic E-state index is 12.3. The molecule has 1 amide bonds. The van der Waals surface area contributed by atoms with E-state index in [2.05, 4.69) is 20.8 Å². The van der Waals surface area contributed by atoms with Crippen LogP contribution in [0.3, 0.4) is 0 Å². The summed E-state index contributed by atoms with van der Waals surface area (Å²) in [6, 6.07) is 5.26. The second-order valence-electron chi connectivity index (χ2n) is 9.51. The zero-order valence-electron chi connectivity index (χ0n) is 17.9. The van der Waals surface area contributed by atoms with Gasteiger partial charge in [-0.2, -0.15) is 0 Å². The molecule has 0 spiro atoms. The van der Waals surface area contributed by atoms with Gasteiger partial charge in [0.2, 0.25) is 0 Å². The van der Waals surface area contributed by atoms with Crippen LogP contribution in [0.25, 0.3) is 0 Å². The molecule has 1 aliphatic heterocycles. The molecular formula is C22H33NO5. The van der Waals surface area contributed by atoms with Crippen LogP contribution in [0.1, 0.15) is 70.3 Å². The number of hydrogen-bond donors (Lipinski definition) is 1. The largest absolute Gasteiger partial charge is 0.492 e.